The van der Waals surface area contributed by atoms with Crippen molar-refractivity contribution in [1.82, 2.24) is 5.43 Å². The van der Waals surface area contributed by atoms with Crippen LogP contribution in [0.3, 0.4) is 0 Å². The second-order valence-electron chi connectivity index (χ2n) is 5.39. The number of hydrazone groups is 1. The summed E-state index contributed by atoms with van der Waals surface area (Å²) in [6.45, 7) is 3.64. The molecule has 0 aromatic heterocycles. The van der Waals surface area contributed by atoms with Crippen LogP contribution >= 0.6 is 15.9 Å². The molecule has 0 aliphatic rings. The maximum Gasteiger partial charge on any atom is 0.271 e. The van der Waals surface area contributed by atoms with Crippen LogP contribution in [0.5, 0.6) is 0 Å². The van der Waals surface area contributed by atoms with Gasteiger partial charge in [0.05, 0.1) is 6.42 Å². The molecule has 0 spiro atoms. The lowest BCUT2D eigenvalue weighted by molar-refractivity contribution is -0.115. The Bertz CT molecular complexity index is 753. The highest BCUT2D eigenvalue weighted by Gasteiger charge is 2.07. The smallest absolute Gasteiger partial charge is 0.271 e. The fraction of sp³-hybridized carbons (Fsp3) is 0.167. The molecule has 0 bridgehead atoms. The lowest BCUT2D eigenvalue weighted by Gasteiger charge is -2.06. The van der Waals surface area contributed by atoms with Gasteiger partial charge in [0.1, 0.15) is 0 Å². The first kappa shape index (κ1) is 17.9. The minimum Gasteiger partial charge on any atom is -0.326 e. The third-order valence-electron chi connectivity index (χ3n) is 3.21. The van der Waals surface area contributed by atoms with Crippen LogP contribution in [0, 0.1) is 6.92 Å². The first-order valence-corrected chi connectivity index (χ1v) is 8.19. The Morgan fingerprint density at radius 1 is 1.04 bits per heavy atom. The van der Waals surface area contributed by atoms with E-state index in [0.29, 0.717) is 17.0 Å². The van der Waals surface area contributed by atoms with Crippen LogP contribution in [0.4, 0.5) is 5.69 Å². The largest absolute Gasteiger partial charge is 0.326 e. The summed E-state index contributed by atoms with van der Waals surface area (Å²) in [5.41, 5.74) is 5.29. The van der Waals surface area contributed by atoms with Crippen molar-refractivity contribution < 1.29 is 9.59 Å². The summed E-state index contributed by atoms with van der Waals surface area (Å²) >= 11 is 3.34. The topological polar surface area (TPSA) is 70.6 Å². The van der Waals surface area contributed by atoms with Gasteiger partial charge in [0.25, 0.3) is 5.91 Å². The Labute approximate surface area is 149 Å². The van der Waals surface area contributed by atoms with E-state index in [9.17, 15) is 9.59 Å². The molecule has 0 saturated heterocycles. The van der Waals surface area contributed by atoms with Gasteiger partial charge in [-0.2, -0.15) is 5.10 Å². The van der Waals surface area contributed by atoms with E-state index in [-0.39, 0.29) is 18.2 Å². The number of rotatable bonds is 5. The number of nitrogens with zero attached hydrogens (tertiary/aromatic N) is 1. The summed E-state index contributed by atoms with van der Waals surface area (Å²) in [5, 5.41) is 6.74. The van der Waals surface area contributed by atoms with E-state index >= 15 is 0 Å². The Kier molecular flexibility index (Phi) is 6.26. The molecule has 2 aromatic rings. The van der Waals surface area contributed by atoms with Crippen LogP contribution in [0.25, 0.3) is 0 Å². The molecule has 0 saturated carbocycles. The first-order chi connectivity index (χ1) is 11.4. The van der Waals surface area contributed by atoms with Crippen molar-refractivity contribution >= 4 is 39.1 Å². The molecule has 0 aliphatic heterocycles. The van der Waals surface area contributed by atoms with Crippen molar-refractivity contribution in [2.75, 3.05) is 5.32 Å². The minimum atomic E-state index is -0.303. The number of anilines is 1. The molecule has 0 unspecified atom stereocenters. The maximum absolute atomic E-state index is 11.9. The second-order valence-corrected chi connectivity index (χ2v) is 6.30. The Morgan fingerprint density at radius 2 is 1.67 bits per heavy atom. The van der Waals surface area contributed by atoms with Crippen molar-refractivity contribution in [2.45, 2.75) is 20.3 Å². The molecule has 6 heteroatoms. The molecule has 2 amide bonds. The molecule has 5 nitrogen and oxygen atoms in total. The Morgan fingerprint density at radius 3 is 2.29 bits per heavy atom. The van der Waals surface area contributed by atoms with E-state index in [1.807, 2.05) is 31.2 Å². The van der Waals surface area contributed by atoms with Crippen LogP contribution in [0.15, 0.2) is 58.1 Å². The highest BCUT2D eigenvalue weighted by Crippen LogP contribution is 2.14. The quantitative estimate of drug-likeness (QED) is 0.603. The van der Waals surface area contributed by atoms with Gasteiger partial charge in [-0.25, -0.2) is 5.43 Å². The van der Waals surface area contributed by atoms with Crippen LogP contribution in [0.2, 0.25) is 0 Å². The summed E-state index contributed by atoms with van der Waals surface area (Å²) < 4.78 is 0.942. The average molecular weight is 388 g/mol. The van der Waals surface area contributed by atoms with E-state index < -0.39 is 0 Å². The van der Waals surface area contributed by atoms with E-state index in [2.05, 4.69) is 31.8 Å². The summed E-state index contributed by atoms with van der Waals surface area (Å²) in [6.07, 6.45) is 0.101. The van der Waals surface area contributed by atoms with Gasteiger partial charge in [0.2, 0.25) is 5.91 Å². The fourth-order valence-electron chi connectivity index (χ4n) is 1.93. The monoisotopic (exact) mass is 387 g/mol. The predicted octanol–water partition coefficient (Wildman–Crippen LogP) is 3.89. The van der Waals surface area contributed by atoms with Crippen LogP contribution in [0.1, 0.15) is 29.3 Å². The highest BCUT2D eigenvalue weighted by molar-refractivity contribution is 9.10. The van der Waals surface area contributed by atoms with Gasteiger partial charge >= 0.3 is 0 Å². The van der Waals surface area contributed by atoms with E-state index in [1.54, 1.807) is 31.2 Å². The number of aryl methyl sites for hydroxylation is 1. The van der Waals surface area contributed by atoms with Gasteiger partial charge in [-0.3, -0.25) is 9.59 Å². The number of benzene rings is 2. The van der Waals surface area contributed by atoms with Crippen molar-refractivity contribution in [1.29, 1.82) is 0 Å². The zero-order chi connectivity index (χ0) is 17.5. The molecular weight excluding hydrogens is 370 g/mol. The molecule has 2 N–H and O–H groups in total. The van der Waals surface area contributed by atoms with E-state index in [0.717, 1.165) is 10.0 Å². The lowest BCUT2D eigenvalue weighted by atomic mass is 10.1. The molecule has 124 valence electrons. The first-order valence-electron chi connectivity index (χ1n) is 7.39. The minimum absolute atomic E-state index is 0.101. The van der Waals surface area contributed by atoms with Crippen molar-refractivity contribution in [3.05, 3.63) is 64.1 Å². The number of hydrogen-bond acceptors (Lipinski definition) is 3. The number of hydrogen-bond donors (Lipinski definition) is 2. The number of nitrogens with one attached hydrogen (secondary N) is 2. The maximum atomic E-state index is 11.9. The summed E-state index contributed by atoms with van der Waals surface area (Å²) in [6, 6.07) is 14.5. The van der Waals surface area contributed by atoms with Gasteiger partial charge in [-0.05, 0) is 50.2 Å². The van der Waals surface area contributed by atoms with Crippen LogP contribution in [-0.2, 0) is 4.79 Å². The van der Waals surface area contributed by atoms with E-state index in [4.69, 9.17) is 0 Å². The number of halogens is 1. The third kappa shape index (κ3) is 5.62. The number of amides is 2. The van der Waals surface area contributed by atoms with Gasteiger partial charge < -0.3 is 5.32 Å². The SMILES string of the molecule is CC(CC(=O)Nc1ccc(Br)cc1)=NNC(=O)c1ccc(C)cc1. The van der Waals surface area contributed by atoms with Crippen molar-refractivity contribution in [2.24, 2.45) is 5.10 Å². The third-order valence-corrected chi connectivity index (χ3v) is 3.74. The zero-order valence-corrected chi connectivity index (χ0v) is 15.1. The second kappa shape index (κ2) is 8.40. The van der Waals surface area contributed by atoms with Crippen molar-refractivity contribution in [3.8, 4) is 0 Å². The van der Waals surface area contributed by atoms with Gasteiger partial charge in [0.15, 0.2) is 0 Å². The van der Waals surface area contributed by atoms with Crippen LogP contribution < -0.4 is 10.7 Å². The predicted molar refractivity (Wildman–Crippen MR) is 99.1 cm³/mol. The van der Waals surface area contributed by atoms with Crippen LogP contribution in [-0.4, -0.2) is 17.5 Å². The molecular formula is C18H18BrN3O2. The summed E-state index contributed by atoms with van der Waals surface area (Å²) in [4.78, 5) is 23.9. The molecule has 0 fully saturated rings. The highest BCUT2D eigenvalue weighted by atomic mass is 79.9. The molecule has 24 heavy (non-hydrogen) atoms. The van der Waals surface area contributed by atoms with Gasteiger partial charge in [-0.15, -0.1) is 0 Å². The normalized spacial score (nSPS) is 11.0. The molecule has 0 atom stereocenters. The number of carbonyl (C=O) groups is 2. The molecule has 2 rings (SSSR count). The average Bonchev–Trinajstić information content (AvgIpc) is 2.55. The Hall–Kier alpha value is -2.47. The number of carbonyl (C=O) groups excluding carboxylic acids is 2. The molecule has 0 radical (unpaired) electrons. The standard InChI is InChI=1S/C18H18BrN3O2/c1-12-3-5-14(6-4-12)18(24)22-21-13(2)11-17(23)20-16-9-7-15(19)8-10-16/h3-10H,11H2,1-2H3,(H,20,23)(H,22,24). The zero-order valence-electron chi connectivity index (χ0n) is 13.5. The molecule has 0 heterocycles. The summed E-state index contributed by atoms with van der Waals surface area (Å²) in [5.74, 6) is -0.495. The molecule has 0 aliphatic carbocycles. The Balaban J connectivity index is 1.86. The summed E-state index contributed by atoms with van der Waals surface area (Å²) in [7, 11) is 0. The van der Waals surface area contributed by atoms with Gasteiger partial charge in [0, 0.05) is 21.4 Å². The fourth-order valence-corrected chi connectivity index (χ4v) is 2.19. The van der Waals surface area contributed by atoms with Gasteiger partial charge in [-0.1, -0.05) is 33.6 Å². The van der Waals surface area contributed by atoms with E-state index in [1.165, 1.54) is 0 Å². The van der Waals surface area contributed by atoms with Crippen molar-refractivity contribution in [3.63, 3.8) is 0 Å². The molecule has 2 aromatic carbocycles. The lowest BCUT2D eigenvalue weighted by Crippen LogP contribution is -2.21.